The fourth-order valence-electron chi connectivity index (χ4n) is 2.88. The second kappa shape index (κ2) is 6.76. The Morgan fingerprint density at radius 3 is 2.81 bits per heavy atom. The van der Waals surface area contributed by atoms with Crippen LogP contribution in [0.4, 0.5) is 0 Å². The van der Waals surface area contributed by atoms with E-state index in [9.17, 15) is 9.59 Å². The largest absolute Gasteiger partial charge is 0.350 e. The van der Waals surface area contributed by atoms with Gasteiger partial charge in [-0.15, -0.1) is 0 Å². The normalized spacial score (nSPS) is 11.1. The second-order valence-corrected chi connectivity index (χ2v) is 6.89. The molecule has 6 nitrogen and oxygen atoms in total. The number of carbonyl (C=O) groups excluding carboxylic acids is 1. The van der Waals surface area contributed by atoms with Gasteiger partial charge in [-0.2, -0.15) is 0 Å². The minimum atomic E-state index is -0.266. The third kappa shape index (κ3) is 3.13. The minimum absolute atomic E-state index is 0.0757. The highest BCUT2D eigenvalue weighted by atomic mass is 79.9. The Bertz CT molecular complexity index is 1160. The zero-order chi connectivity index (χ0) is 18.1. The number of nitrogens with zero attached hydrogens (tertiary/aromatic N) is 2. The SMILES string of the molecule is O=C(Cn1cnc2c([nH]c3ccc(Br)cc32)c1=O)NCc1ccccc1. The second-order valence-electron chi connectivity index (χ2n) is 5.98. The summed E-state index contributed by atoms with van der Waals surface area (Å²) in [5.74, 6) is -0.240. The first-order chi connectivity index (χ1) is 12.6. The number of aromatic nitrogens is 3. The molecule has 2 heterocycles. The molecule has 26 heavy (non-hydrogen) atoms. The summed E-state index contributed by atoms with van der Waals surface area (Å²) >= 11 is 3.43. The Hall–Kier alpha value is -2.93. The first-order valence-corrected chi connectivity index (χ1v) is 8.88. The number of aromatic amines is 1. The van der Waals surface area contributed by atoms with Crippen LogP contribution in [0.1, 0.15) is 5.56 Å². The average Bonchev–Trinajstić information content (AvgIpc) is 3.02. The molecule has 1 amide bonds. The Morgan fingerprint density at radius 2 is 2.00 bits per heavy atom. The lowest BCUT2D eigenvalue weighted by Gasteiger charge is -2.07. The van der Waals surface area contributed by atoms with Gasteiger partial charge in [0.25, 0.3) is 5.56 Å². The zero-order valence-electron chi connectivity index (χ0n) is 13.7. The Morgan fingerprint density at radius 1 is 1.19 bits per heavy atom. The van der Waals surface area contributed by atoms with Crippen molar-refractivity contribution in [1.82, 2.24) is 19.9 Å². The van der Waals surface area contributed by atoms with E-state index in [0.717, 1.165) is 20.9 Å². The first-order valence-electron chi connectivity index (χ1n) is 8.09. The standard InChI is InChI=1S/C19H15BrN4O2/c20-13-6-7-15-14(8-13)17-18(23-15)19(26)24(11-22-17)10-16(25)21-9-12-4-2-1-3-5-12/h1-8,11,23H,9-10H2,(H,21,25). The highest BCUT2D eigenvalue weighted by Crippen LogP contribution is 2.24. The Balaban J connectivity index is 1.59. The lowest BCUT2D eigenvalue weighted by atomic mass is 10.2. The van der Waals surface area contributed by atoms with Crippen molar-refractivity contribution in [3.63, 3.8) is 0 Å². The predicted molar refractivity (Wildman–Crippen MR) is 104 cm³/mol. The van der Waals surface area contributed by atoms with E-state index >= 15 is 0 Å². The predicted octanol–water partition coefficient (Wildman–Crippen LogP) is 2.96. The number of nitrogens with one attached hydrogen (secondary N) is 2. The molecule has 0 aliphatic rings. The molecule has 0 fully saturated rings. The van der Waals surface area contributed by atoms with Gasteiger partial charge in [-0.05, 0) is 23.8 Å². The molecule has 0 spiro atoms. The molecular weight excluding hydrogens is 396 g/mol. The zero-order valence-corrected chi connectivity index (χ0v) is 15.3. The number of hydrogen-bond acceptors (Lipinski definition) is 3. The molecular formula is C19H15BrN4O2. The number of H-pyrrole nitrogens is 1. The van der Waals surface area contributed by atoms with Gasteiger partial charge in [0.2, 0.25) is 5.91 Å². The molecule has 0 radical (unpaired) electrons. The lowest BCUT2D eigenvalue weighted by Crippen LogP contribution is -2.32. The maximum Gasteiger partial charge on any atom is 0.278 e. The number of hydrogen-bond donors (Lipinski definition) is 2. The summed E-state index contributed by atoms with van der Waals surface area (Å²) in [5.41, 5.74) is 2.57. The first kappa shape index (κ1) is 16.5. The molecule has 0 saturated heterocycles. The van der Waals surface area contributed by atoms with Gasteiger partial charge in [0.1, 0.15) is 17.6 Å². The van der Waals surface area contributed by atoms with Gasteiger partial charge in [0, 0.05) is 21.9 Å². The molecule has 0 bridgehead atoms. The third-order valence-corrected chi connectivity index (χ3v) is 4.67. The number of carbonyl (C=O) groups is 1. The highest BCUT2D eigenvalue weighted by Gasteiger charge is 2.13. The summed E-state index contributed by atoms with van der Waals surface area (Å²) in [4.78, 5) is 32.3. The summed E-state index contributed by atoms with van der Waals surface area (Å²) in [6.45, 7) is 0.345. The molecule has 4 aromatic rings. The molecule has 0 unspecified atom stereocenters. The van der Waals surface area contributed by atoms with Gasteiger partial charge in [-0.25, -0.2) is 4.98 Å². The summed E-state index contributed by atoms with van der Waals surface area (Å²) < 4.78 is 2.23. The highest BCUT2D eigenvalue weighted by molar-refractivity contribution is 9.10. The summed E-state index contributed by atoms with van der Waals surface area (Å²) in [6, 6.07) is 15.3. The molecule has 0 aliphatic heterocycles. The van der Waals surface area contributed by atoms with Crippen LogP contribution >= 0.6 is 15.9 Å². The number of benzene rings is 2. The van der Waals surface area contributed by atoms with Crippen molar-refractivity contribution in [2.24, 2.45) is 0 Å². The van der Waals surface area contributed by atoms with E-state index < -0.39 is 0 Å². The van der Waals surface area contributed by atoms with Gasteiger partial charge in [-0.1, -0.05) is 46.3 Å². The minimum Gasteiger partial charge on any atom is -0.350 e. The molecule has 7 heteroatoms. The van der Waals surface area contributed by atoms with E-state index in [1.165, 1.54) is 10.9 Å². The van der Waals surface area contributed by atoms with Crippen molar-refractivity contribution in [3.05, 3.63) is 75.2 Å². The maximum absolute atomic E-state index is 12.7. The molecule has 4 rings (SSSR count). The fraction of sp³-hybridized carbons (Fsp3) is 0.105. The van der Waals surface area contributed by atoms with Gasteiger partial charge in [-0.3, -0.25) is 14.2 Å². The Labute approximate surface area is 157 Å². The molecule has 2 N–H and O–H groups in total. The Kier molecular flexibility index (Phi) is 4.30. The molecule has 0 saturated carbocycles. The van der Waals surface area contributed by atoms with E-state index in [2.05, 4.69) is 31.2 Å². The summed E-state index contributed by atoms with van der Waals surface area (Å²) in [5, 5.41) is 3.68. The fourth-order valence-corrected chi connectivity index (χ4v) is 3.24. The molecule has 0 aliphatic carbocycles. The lowest BCUT2D eigenvalue weighted by molar-refractivity contribution is -0.121. The number of halogens is 1. The van der Waals surface area contributed by atoms with Crippen molar-refractivity contribution in [2.45, 2.75) is 13.1 Å². The number of rotatable bonds is 4. The summed E-state index contributed by atoms with van der Waals surface area (Å²) in [6.07, 6.45) is 1.42. The topological polar surface area (TPSA) is 79.8 Å². The van der Waals surface area contributed by atoms with Crippen LogP contribution < -0.4 is 10.9 Å². The van der Waals surface area contributed by atoms with Crippen molar-refractivity contribution in [1.29, 1.82) is 0 Å². The van der Waals surface area contributed by atoms with Crippen LogP contribution in [0.25, 0.3) is 21.9 Å². The smallest absolute Gasteiger partial charge is 0.278 e. The maximum atomic E-state index is 12.7. The molecule has 0 atom stereocenters. The van der Waals surface area contributed by atoms with Crippen molar-refractivity contribution in [3.8, 4) is 0 Å². The monoisotopic (exact) mass is 410 g/mol. The van der Waals surface area contributed by atoms with E-state index in [0.29, 0.717) is 17.6 Å². The van der Waals surface area contributed by atoms with Crippen molar-refractivity contribution >= 4 is 43.8 Å². The number of fused-ring (bicyclic) bond motifs is 3. The van der Waals surface area contributed by atoms with Gasteiger partial charge in [0.05, 0.1) is 6.33 Å². The number of amides is 1. The van der Waals surface area contributed by atoms with Gasteiger partial charge in [0.15, 0.2) is 0 Å². The molecule has 2 aromatic heterocycles. The van der Waals surface area contributed by atoms with Crippen molar-refractivity contribution in [2.75, 3.05) is 0 Å². The van der Waals surface area contributed by atoms with E-state index in [-0.39, 0.29) is 18.0 Å². The van der Waals surface area contributed by atoms with Crippen LogP contribution in [0.5, 0.6) is 0 Å². The van der Waals surface area contributed by atoms with E-state index in [4.69, 9.17) is 0 Å². The quantitative estimate of drug-likeness (QED) is 0.542. The van der Waals surface area contributed by atoms with E-state index in [1.54, 1.807) is 0 Å². The van der Waals surface area contributed by atoms with E-state index in [1.807, 2.05) is 48.5 Å². The van der Waals surface area contributed by atoms with Crippen LogP contribution in [0.15, 0.2) is 64.1 Å². The average molecular weight is 411 g/mol. The summed E-state index contributed by atoms with van der Waals surface area (Å²) in [7, 11) is 0. The van der Waals surface area contributed by atoms with Crippen LogP contribution in [-0.4, -0.2) is 20.4 Å². The van der Waals surface area contributed by atoms with Crippen LogP contribution in [0.3, 0.4) is 0 Å². The van der Waals surface area contributed by atoms with Crippen molar-refractivity contribution < 1.29 is 4.79 Å². The van der Waals surface area contributed by atoms with Gasteiger partial charge >= 0.3 is 0 Å². The van der Waals surface area contributed by atoms with Crippen LogP contribution in [-0.2, 0) is 17.9 Å². The van der Waals surface area contributed by atoms with Gasteiger partial charge < -0.3 is 10.3 Å². The molecule has 2 aromatic carbocycles. The van der Waals surface area contributed by atoms with Crippen LogP contribution in [0.2, 0.25) is 0 Å². The molecule has 130 valence electrons. The third-order valence-electron chi connectivity index (χ3n) is 4.18. The van der Waals surface area contributed by atoms with Crippen LogP contribution in [0, 0.1) is 0 Å².